The summed E-state index contributed by atoms with van der Waals surface area (Å²) < 4.78 is 19.3. The van der Waals surface area contributed by atoms with Crippen LogP contribution in [0.3, 0.4) is 0 Å². The van der Waals surface area contributed by atoms with Gasteiger partial charge in [-0.15, -0.1) is 0 Å². The first-order valence-electron chi connectivity index (χ1n) is 4.71. The Balaban J connectivity index is 2.57. The molecule has 0 aliphatic carbocycles. The van der Waals surface area contributed by atoms with E-state index in [1.807, 2.05) is 0 Å². The van der Waals surface area contributed by atoms with Crippen LogP contribution in [0.5, 0.6) is 0 Å². The molecular formula is C11H7FN2O2. The maximum Gasteiger partial charge on any atom is 0.369 e. The van der Waals surface area contributed by atoms with Crippen LogP contribution < -0.4 is 5.63 Å². The molecule has 5 heteroatoms. The van der Waals surface area contributed by atoms with Crippen molar-refractivity contribution in [2.24, 2.45) is 7.05 Å². The van der Waals surface area contributed by atoms with Crippen molar-refractivity contribution in [3.8, 4) is 11.4 Å². The number of pyridine rings is 1. The third kappa shape index (κ3) is 1.08. The van der Waals surface area contributed by atoms with Crippen LogP contribution >= 0.6 is 0 Å². The standard InChI is InChI=1S/C11H7FN2O2/c1-14-9-3-2-7(12)4-6(9)5-8-10(14)13-16-11(8)15/h2-5H,1H3. The first-order valence-corrected chi connectivity index (χ1v) is 4.71. The van der Waals surface area contributed by atoms with E-state index in [0.29, 0.717) is 16.8 Å². The van der Waals surface area contributed by atoms with E-state index in [9.17, 15) is 9.18 Å². The molecule has 2 aliphatic heterocycles. The summed E-state index contributed by atoms with van der Waals surface area (Å²) in [7, 11) is 1.75. The maximum absolute atomic E-state index is 13.1. The second kappa shape index (κ2) is 2.91. The third-order valence-electron chi connectivity index (χ3n) is 2.64. The number of hydrogen-bond acceptors (Lipinski definition) is 3. The maximum atomic E-state index is 13.1. The molecule has 0 fully saturated rings. The molecule has 0 amide bonds. The topological polar surface area (TPSA) is 48.0 Å². The van der Waals surface area contributed by atoms with E-state index in [0.717, 1.165) is 5.52 Å². The summed E-state index contributed by atoms with van der Waals surface area (Å²) in [5.74, 6) is 0.125. The zero-order chi connectivity index (χ0) is 11.3. The van der Waals surface area contributed by atoms with E-state index in [1.165, 1.54) is 12.1 Å². The summed E-state index contributed by atoms with van der Waals surface area (Å²) >= 11 is 0. The normalized spacial score (nSPS) is 11.4. The lowest BCUT2D eigenvalue weighted by Crippen LogP contribution is -2.03. The van der Waals surface area contributed by atoms with Crippen molar-refractivity contribution in [1.82, 2.24) is 9.72 Å². The molecule has 2 heterocycles. The molecule has 0 saturated heterocycles. The quantitative estimate of drug-likeness (QED) is 0.577. The number of halogens is 1. The fraction of sp³-hybridized carbons (Fsp3) is 0.0909. The Morgan fingerprint density at radius 1 is 1.38 bits per heavy atom. The van der Waals surface area contributed by atoms with Gasteiger partial charge in [0.2, 0.25) is 0 Å². The Morgan fingerprint density at radius 3 is 3.00 bits per heavy atom. The predicted molar refractivity (Wildman–Crippen MR) is 55.8 cm³/mol. The Bertz CT molecular complexity index is 714. The Morgan fingerprint density at radius 2 is 2.19 bits per heavy atom. The number of benzene rings is 1. The van der Waals surface area contributed by atoms with Gasteiger partial charge in [0.15, 0.2) is 5.82 Å². The molecule has 0 spiro atoms. The average molecular weight is 218 g/mol. The van der Waals surface area contributed by atoms with Gasteiger partial charge in [0, 0.05) is 18.0 Å². The Hall–Kier alpha value is -2.17. The van der Waals surface area contributed by atoms with Gasteiger partial charge in [-0.05, 0) is 24.3 Å². The molecular weight excluding hydrogens is 211 g/mol. The minimum Gasteiger partial charge on any atom is -0.325 e. The molecule has 0 N–H and O–H groups in total. The molecule has 3 rings (SSSR count). The van der Waals surface area contributed by atoms with E-state index in [2.05, 4.69) is 9.68 Å². The molecule has 0 unspecified atom stereocenters. The van der Waals surface area contributed by atoms with Gasteiger partial charge in [-0.25, -0.2) is 9.18 Å². The zero-order valence-electron chi connectivity index (χ0n) is 8.40. The molecule has 0 atom stereocenters. The highest BCUT2D eigenvalue weighted by Gasteiger charge is 2.17. The molecule has 0 bridgehead atoms. The SMILES string of the molecule is Cn1c2noc(=O)c-2cc2cc(F)ccc21. The number of hydrogen-bond donors (Lipinski definition) is 0. The number of rotatable bonds is 0. The van der Waals surface area contributed by atoms with E-state index < -0.39 is 5.63 Å². The molecule has 1 aromatic carbocycles. The number of aryl methyl sites for hydroxylation is 1. The Kier molecular flexibility index (Phi) is 1.65. The molecule has 0 saturated carbocycles. The third-order valence-corrected chi connectivity index (χ3v) is 2.64. The minimum atomic E-state index is -0.503. The van der Waals surface area contributed by atoms with Gasteiger partial charge in [0.25, 0.3) is 0 Å². The van der Waals surface area contributed by atoms with Gasteiger partial charge in [0.05, 0.1) is 0 Å². The van der Waals surface area contributed by atoms with Crippen molar-refractivity contribution in [2.75, 3.05) is 0 Å². The molecule has 80 valence electrons. The van der Waals surface area contributed by atoms with Crippen LogP contribution in [-0.4, -0.2) is 9.72 Å². The summed E-state index contributed by atoms with van der Waals surface area (Å²) in [6.45, 7) is 0. The first-order chi connectivity index (χ1) is 7.66. The molecule has 4 nitrogen and oxygen atoms in total. The van der Waals surface area contributed by atoms with Gasteiger partial charge in [-0.3, -0.25) is 0 Å². The smallest absolute Gasteiger partial charge is 0.325 e. The second-order valence-electron chi connectivity index (χ2n) is 3.61. The summed E-state index contributed by atoms with van der Waals surface area (Å²) in [4.78, 5) is 11.3. The van der Waals surface area contributed by atoms with Crippen LogP contribution in [0.25, 0.3) is 22.3 Å². The molecule has 16 heavy (non-hydrogen) atoms. The predicted octanol–water partition coefficient (Wildman–Crippen LogP) is 1.77. The first kappa shape index (κ1) is 9.08. The van der Waals surface area contributed by atoms with E-state index >= 15 is 0 Å². The van der Waals surface area contributed by atoms with Crippen molar-refractivity contribution in [1.29, 1.82) is 0 Å². The average Bonchev–Trinajstić information content (AvgIpc) is 2.61. The minimum absolute atomic E-state index is 0.337. The summed E-state index contributed by atoms with van der Waals surface area (Å²) in [6, 6.07) is 5.98. The van der Waals surface area contributed by atoms with Crippen LogP contribution in [0.1, 0.15) is 0 Å². The van der Waals surface area contributed by atoms with Gasteiger partial charge in [-0.1, -0.05) is 5.16 Å². The van der Waals surface area contributed by atoms with Gasteiger partial charge >= 0.3 is 5.63 Å². The highest BCUT2D eigenvalue weighted by atomic mass is 19.1. The fourth-order valence-corrected chi connectivity index (χ4v) is 1.86. The largest absolute Gasteiger partial charge is 0.369 e. The number of nitrogens with zero attached hydrogens (tertiary/aromatic N) is 2. The molecule has 1 aromatic rings. The van der Waals surface area contributed by atoms with Crippen LogP contribution in [-0.2, 0) is 7.05 Å². The highest BCUT2D eigenvalue weighted by Crippen LogP contribution is 2.24. The highest BCUT2D eigenvalue weighted by molar-refractivity contribution is 5.85. The summed E-state index contributed by atoms with van der Waals surface area (Å²) in [6.07, 6.45) is 0. The molecule has 2 aliphatic rings. The molecule has 0 aromatic heterocycles. The van der Waals surface area contributed by atoms with E-state index in [1.54, 1.807) is 23.7 Å². The number of fused-ring (bicyclic) bond motifs is 2. The van der Waals surface area contributed by atoms with Crippen molar-refractivity contribution in [3.63, 3.8) is 0 Å². The van der Waals surface area contributed by atoms with E-state index in [4.69, 9.17) is 0 Å². The van der Waals surface area contributed by atoms with E-state index in [-0.39, 0.29) is 5.82 Å². The fourth-order valence-electron chi connectivity index (χ4n) is 1.86. The summed E-state index contributed by atoms with van der Waals surface area (Å²) in [5, 5.41) is 4.32. The lowest BCUT2D eigenvalue weighted by molar-refractivity contribution is 0.393. The van der Waals surface area contributed by atoms with Crippen molar-refractivity contribution < 1.29 is 8.91 Å². The molecule has 0 radical (unpaired) electrons. The number of aromatic nitrogens is 2. The Labute approximate surface area is 89.2 Å². The van der Waals surface area contributed by atoms with Crippen molar-refractivity contribution in [3.05, 3.63) is 40.5 Å². The van der Waals surface area contributed by atoms with Crippen LogP contribution in [0.15, 0.2) is 33.6 Å². The monoisotopic (exact) mass is 218 g/mol. The lowest BCUT2D eigenvalue weighted by atomic mass is 10.1. The zero-order valence-corrected chi connectivity index (χ0v) is 8.40. The van der Waals surface area contributed by atoms with Crippen LogP contribution in [0.2, 0.25) is 0 Å². The van der Waals surface area contributed by atoms with Crippen molar-refractivity contribution >= 4 is 10.9 Å². The van der Waals surface area contributed by atoms with Crippen LogP contribution in [0, 0.1) is 5.82 Å². The van der Waals surface area contributed by atoms with Gasteiger partial charge in [-0.2, -0.15) is 0 Å². The lowest BCUT2D eigenvalue weighted by Gasteiger charge is -2.08. The summed E-state index contributed by atoms with van der Waals surface area (Å²) in [5.41, 5.74) is 0.652. The van der Waals surface area contributed by atoms with Gasteiger partial charge < -0.3 is 9.09 Å². The van der Waals surface area contributed by atoms with Crippen molar-refractivity contribution in [2.45, 2.75) is 0 Å². The van der Waals surface area contributed by atoms with Crippen LogP contribution in [0.4, 0.5) is 4.39 Å². The second-order valence-corrected chi connectivity index (χ2v) is 3.61. The van der Waals surface area contributed by atoms with Gasteiger partial charge in [0.1, 0.15) is 11.4 Å².